The monoisotopic (exact) mass is 488 g/mol. The Morgan fingerprint density at radius 3 is 1.56 bits per heavy atom. The van der Waals surface area contributed by atoms with Crippen molar-refractivity contribution in [3.63, 3.8) is 0 Å². The second-order valence-corrected chi connectivity index (χ2v) is 9.31. The number of hydrogen-bond acceptors (Lipinski definition) is 5. The molecule has 0 bridgehead atoms. The van der Waals surface area contributed by atoms with Gasteiger partial charge in [-0.05, 0) is 37.5 Å². The highest BCUT2D eigenvalue weighted by molar-refractivity contribution is 5.91. The van der Waals surface area contributed by atoms with Gasteiger partial charge in [-0.25, -0.2) is 10.6 Å². The number of carbonyl (C=O) groups excluding carboxylic acids is 3. The van der Waals surface area contributed by atoms with Crippen LogP contribution in [0.1, 0.15) is 43.9 Å². The molecule has 36 heavy (non-hydrogen) atoms. The Balaban J connectivity index is 2.01. The minimum absolute atomic E-state index is 0.365. The number of carbonyl (C=O) groups is 3. The van der Waals surface area contributed by atoms with Crippen LogP contribution >= 0.6 is 0 Å². The molecule has 0 spiro atoms. The van der Waals surface area contributed by atoms with Crippen LogP contribution in [0.5, 0.6) is 0 Å². The van der Waals surface area contributed by atoms with E-state index in [0.29, 0.717) is 0 Å². The maximum absolute atomic E-state index is 13.6. The number of alkyl carbamates (subject to hydrolysis) is 1. The van der Waals surface area contributed by atoms with E-state index in [1.54, 1.807) is 20.8 Å². The molecular formula is C28H32N4O4. The largest absolute Gasteiger partial charge is 0.444 e. The average Bonchev–Trinajstić information content (AvgIpc) is 2.87. The number of hydrogen-bond donors (Lipinski definition) is 4. The highest BCUT2D eigenvalue weighted by atomic mass is 16.6. The van der Waals surface area contributed by atoms with E-state index in [2.05, 4.69) is 10.6 Å². The van der Waals surface area contributed by atoms with Crippen molar-refractivity contribution in [2.45, 2.75) is 44.4 Å². The molecule has 0 aliphatic carbocycles. The van der Waals surface area contributed by atoms with Gasteiger partial charge in [-0.3, -0.25) is 15.0 Å². The summed E-state index contributed by atoms with van der Waals surface area (Å²) in [6.45, 7) is 5.10. The Bertz CT molecular complexity index is 1070. The van der Waals surface area contributed by atoms with Gasteiger partial charge in [-0.1, -0.05) is 91.0 Å². The summed E-state index contributed by atoms with van der Waals surface area (Å²) in [5.41, 5.74) is 2.66. The lowest BCUT2D eigenvalue weighted by Crippen LogP contribution is -2.54. The van der Waals surface area contributed by atoms with E-state index in [1.807, 2.05) is 96.4 Å². The van der Waals surface area contributed by atoms with Crippen molar-refractivity contribution < 1.29 is 19.1 Å². The summed E-state index contributed by atoms with van der Waals surface area (Å²) >= 11 is 0. The van der Waals surface area contributed by atoms with Gasteiger partial charge in [-0.15, -0.1) is 0 Å². The molecular weight excluding hydrogens is 456 g/mol. The summed E-state index contributed by atoms with van der Waals surface area (Å²) in [5, 5.41) is 5.60. The summed E-state index contributed by atoms with van der Waals surface area (Å²) in [7, 11) is 0. The van der Waals surface area contributed by atoms with Crippen LogP contribution < -0.4 is 21.9 Å². The molecule has 0 aliphatic rings. The van der Waals surface area contributed by atoms with Crippen LogP contribution in [0, 0.1) is 0 Å². The van der Waals surface area contributed by atoms with Gasteiger partial charge >= 0.3 is 6.09 Å². The van der Waals surface area contributed by atoms with Gasteiger partial charge in [-0.2, -0.15) is 0 Å². The first-order valence-corrected chi connectivity index (χ1v) is 11.6. The molecule has 8 nitrogen and oxygen atoms in total. The van der Waals surface area contributed by atoms with E-state index in [-0.39, 0.29) is 6.42 Å². The SMILES string of the molecule is CC(C)(C)OC(=O)N[C@@H](CC(=O)NC(c1ccccc1)(c1ccccc1)c1ccccc1)C(=O)NN. The van der Waals surface area contributed by atoms with Crippen molar-refractivity contribution >= 4 is 17.9 Å². The maximum atomic E-state index is 13.6. The fourth-order valence-corrected chi connectivity index (χ4v) is 3.99. The maximum Gasteiger partial charge on any atom is 0.408 e. The summed E-state index contributed by atoms with van der Waals surface area (Å²) in [5.74, 6) is 4.13. The first-order valence-electron chi connectivity index (χ1n) is 11.6. The molecule has 8 heteroatoms. The number of hydrazine groups is 1. The molecule has 0 aromatic heterocycles. The zero-order valence-corrected chi connectivity index (χ0v) is 20.7. The molecule has 0 saturated heterocycles. The molecule has 3 rings (SSSR count). The van der Waals surface area contributed by atoms with Gasteiger partial charge in [0.1, 0.15) is 17.2 Å². The number of amides is 3. The number of nitrogens with two attached hydrogens (primary N) is 1. The molecule has 3 amide bonds. The Labute approximate surface area is 211 Å². The molecule has 0 unspecified atom stereocenters. The van der Waals surface area contributed by atoms with Crippen LogP contribution in [0.3, 0.4) is 0 Å². The average molecular weight is 489 g/mol. The van der Waals surface area contributed by atoms with Crippen LogP contribution in [0.4, 0.5) is 4.79 Å². The number of benzene rings is 3. The summed E-state index contributed by atoms with van der Waals surface area (Å²) < 4.78 is 5.25. The zero-order valence-electron chi connectivity index (χ0n) is 20.7. The van der Waals surface area contributed by atoms with Crippen molar-refractivity contribution in [2.24, 2.45) is 5.84 Å². The van der Waals surface area contributed by atoms with Gasteiger partial charge in [0, 0.05) is 0 Å². The highest BCUT2D eigenvalue weighted by Crippen LogP contribution is 2.36. The minimum atomic E-state index is -1.25. The highest BCUT2D eigenvalue weighted by Gasteiger charge is 2.39. The van der Waals surface area contributed by atoms with Crippen molar-refractivity contribution in [3.8, 4) is 0 Å². The third-order valence-electron chi connectivity index (χ3n) is 5.49. The quantitative estimate of drug-likeness (QED) is 0.168. The van der Waals surface area contributed by atoms with Gasteiger partial charge in [0.25, 0.3) is 5.91 Å². The normalized spacial score (nSPS) is 12.2. The lowest BCUT2D eigenvalue weighted by Gasteiger charge is -2.37. The smallest absolute Gasteiger partial charge is 0.408 e. The van der Waals surface area contributed by atoms with Crippen LogP contribution in [0.25, 0.3) is 0 Å². The topological polar surface area (TPSA) is 123 Å². The molecule has 1 atom stereocenters. The Kier molecular flexibility index (Phi) is 8.45. The molecule has 3 aromatic rings. The van der Waals surface area contributed by atoms with E-state index in [9.17, 15) is 14.4 Å². The zero-order chi connectivity index (χ0) is 26.2. The van der Waals surface area contributed by atoms with Gasteiger partial charge in [0.05, 0.1) is 6.42 Å². The standard InChI is InChI=1S/C28H32N4O4/c1-27(2,3)36-26(35)30-23(25(34)32-29)19-24(33)31-28(20-13-7-4-8-14-20,21-15-9-5-10-16-21)22-17-11-6-12-18-22/h4-18,23H,19,29H2,1-3H3,(H,30,35)(H,31,33)(H,32,34)/t23-/m0/s1. The van der Waals surface area contributed by atoms with Crippen molar-refractivity contribution in [1.82, 2.24) is 16.1 Å². The Morgan fingerprint density at radius 1 is 0.778 bits per heavy atom. The van der Waals surface area contributed by atoms with Crippen molar-refractivity contribution in [2.75, 3.05) is 0 Å². The minimum Gasteiger partial charge on any atom is -0.444 e. The fourth-order valence-electron chi connectivity index (χ4n) is 3.99. The van der Waals surface area contributed by atoms with Gasteiger partial charge < -0.3 is 15.4 Å². The van der Waals surface area contributed by atoms with Crippen LogP contribution in [-0.4, -0.2) is 29.6 Å². The predicted molar refractivity (Wildman–Crippen MR) is 137 cm³/mol. The Hall–Kier alpha value is -4.17. The van der Waals surface area contributed by atoms with Crippen molar-refractivity contribution in [3.05, 3.63) is 108 Å². The van der Waals surface area contributed by atoms with E-state index < -0.39 is 35.1 Å². The Morgan fingerprint density at radius 2 is 1.19 bits per heavy atom. The number of rotatable bonds is 8. The van der Waals surface area contributed by atoms with E-state index in [0.717, 1.165) is 16.7 Å². The molecule has 0 radical (unpaired) electrons. The fraction of sp³-hybridized carbons (Fsp3) is 0.250. The third kappa shape index (κ3) is 6.49. The molecule has 0 aliphatic heterocycles. The first kappa shape index (κ1) is 26.4. The van der Waals surface area contributed by atoms with Gasteiger partial charge in [0.15, 0.2) is 0 Å². The molecule has 0 heterocycles. The lowest BCUT2D eigenvalue weighted by molar-refractivity contribution is -0.129. The lowest BCUT2D eigenvalue weighted by atomic mass is 9.77. The van der Waals surface area contributed by atoms with Gasteiger partial charge in [0.2, 0.25) is 5.91 Å². The number of ether oxygens (including phenoxy) is 1. The molecule has 3 aromatic carbocycles. The van der Waals surface area contributed by atoms with E-state index in [4.69, 9.17) is 10.6 Å². The predicted octanol–water partition coefficient (Wildman–Crippen LogP) is 3.37. The van der Waals surface area contributed by atoms with E-state index >= 15 is 0 Å². The summed E-state index contributed by atoms with van der Waals surface area (Å²) in [4.78, 5) is 38.3. The first-order chi connectivity index (χ1) is 17.2. The summed E-state index contributed by atoms with van der Waals surface area (Å²) in [6, 6.07) is 27.5. The molecule has 188 valence electrons. The van der Waals surface area contributed by atoms with Crippen LogP contribution in [-0.2, 0) is 19.9 Å². The second kappa shape index (κ2) is 11.5. The summed E-state index contributed by atoms with van der Waals surface area (Å²) in [6.07, 6.45) is -1.19. The molecule has 0 fully saturated rings. The number of nitrogens with one attached hydrogen (secondary N) is 3. The van der Waals surface area contributed by atoms with Crippen molar-refractivity contribution in [1.29, 1.82) is 0 Å². The third-order valence-corrected chi connectivity index (χ3v) is 5.49. The van der Waals surface area contributed by atoms with Crippen LogP contribution in [0.15, 0.2) is 91.0 Å². The molecule has 5 N–H and O–H groups in total. The van der Waals surface area contributed by atoms with Crippen LogP contribution in [0.2, 0.25) is 0 Å². The second-order valence-electron chi connectivity index (χ2n) is 9.31. The van der Waals surface area contributed by atoms with E-state index in [1.165, 1.54) is 0 Å². The molecule has 0 saturated carbocycles.